The van der Waals surface area contributed by atoms with Crippen LogP contribution in [0.25, 0.3) is 210 Å². The van der Waals surface area contributed by atoms with Crippen molar-refractivity contribution < 1.29 is 0 Å². The Kier molecular flexibility index (Phi) is 17.7. The number of nitriles is 2. The van der Waals surface area contributed by atoms with Gasteiger partial charge < -0.3 is 18.3 Å². The summed E-state index contributed by atoms with van der Waals surface area (Å²) in [5.74, 6) is 0. The van der Waals surface area contributed by atoms with Gasteiger partial charge in [0, 0.05) is 79.0 Å². The maximum atomic E-state index is 11.7. The van der Waals surface area contributed by atoms with E-state index in [0.29, 0.717) is 11.1 Å². The first-order valence-electron chi connectivity index (χ1n) is 42.4. The SMILES string of the molecule is Cc1ccc(-c2ccc3c4ccc(-c5ccc(C)cc5)cc4n(-c4cc(C#N)cc(-n5c6cc(-c7ccc(C)cc7)ccc6c6ccc(-c7ccc(C)c(-c8cc(-c9ccc%10c%11ccccc%11n(-c%11cc(C#N)cc(-n%12c%13ccccc%13c%13ccc(-c%14ccc(C)cc%14C)cc%13%12)c%11-c%11ccncc%11)c%10c9)c(C)cc8C)c7)cc65)c4-c4ccncc4)c3c2)cc1. The fourth-order valence-corrected chi connectivity index (χ4v) is 19.7. The Labute approximate surface area is 719 Å². The number of nitrogens with zero attached hydrogens (tertiary/aromatic N) is 8. The fraction of sp³-hybridized carbons (Fsp3) is 0.0690. The number of fused-ring (bicyclic) bond motifs is 12. The van der Waals surface area contributed by atoms with Crippen molar-refractivity contribution in [2.45, 2.75) is 55.4 Å². The first-order chi connectivity index (χ1) is 60.6. The standard InChI is InChI=1S/C116H82N8/c1-69-17-25-79(26-18-69)85-32-39-96-97-40-33-86(80-27-19-70(2)20-28-80)61-106(97)123(105(96)60-85)113-57-78(68-118)58-114(116(113)83-47-51-120-52-48-83)124-107-62-87(81-29-21-71(3)22-30-81)34-41-98(107)99-42-35-88(63-108(99)124)84-31-24-73(5)101(59-84)102-66-100(75(7)54-76(102)8)90-37-44-95-93-14-10-12-16-104(93)122(110(95)65-90)112-56-77(67-117)55-111(115(112)82-45-49-119-50-46-82)121-103-15-11-9-13-92(103)94-43-36-89(64-109(94)121)91-38-23-72(4)53-74(91)6/h9-66H,1-8H3. The average molecular weight is 1590 g/mol. The van der Waals surface area contributed by atoms with Crippen molar-refractivity contribution in [3.05, 3.63) is 408 Å². The predicted molar refractivity (Wildman–Crippen MR) is 516 cm³/mol. The van der Waals surface area contributed by atoms with Crippen molar-refractivity contribution >= 4 is 87.2 Å². The number of rotatable bonds is 13. The highest BCUT2D eigenvalue weighted by molar-refractivity contribution is 6.17. The van der Waals surface area contributed by atoms with E-state index in [9.17, 15) is 10.5 Å². The van der Waals surface area contributed by atoms with Crippen molar-refractivity contribution in [1.82, 2.24) is 28.2 Å². The van der Waals surface area contributed by atoms with Crippen molar-refractivity contribution in [1.29, 1.82) is 10.5 Å². The van der Waals surface area contributed by atoms with Gasteiger partial charge in [-0.2, -0.15) is 10.5 Å². The molecule has 8 heteroatoms. The van der Waals surface area contributed by atoms with Crippen LogP contribution in [0.2, 0.25) is 0 Å². The lowest BCUT2D eigenvalue weighted by molar-refractivity contribution is 1.13. The lowest BCUT2D eigenvalue weighted by Gasteiger charge is -2.21. The van der Waals surface area contributed by atoms with Crippen molar-refractivity contribution in [3.8, 4) is 135 Å². The van der Waals surface area contributed by atoms with E-state index in [1.54, 1.807) is 0 Å². The van der Waals surface area contributed by atoms with Crippen LogP contribution in [0.4, 0.5) is 0 Å². The van der Waals surface area contributed by atoms with Crippen LogP contribution < -0.4 is 0 Å². The van der Waals surface area contributed by atoms with E-state index in [0.717, 1.165) is 216 Å². The molecule has 0 fully saturated rings. The molecule has 0 aliphatic carbocycles. The minimum Gasteiger partial charge on any atom is -0.308 e. The summed E-state index contributed by atoms with van der Waals surface area (Å²) in [4.78, 5) is 9.24. The van der Waals surface area contributed by atoms with Gasteiger partial charge in [-0.15, -0.1) is 0 Å². The van der Waals surface area contributed by atoms with E-state index in [2.05, 4.69) is 423 Å². The second-order valence-corrected chi connectivity index (χ2v) is 33.7. The zero-order valence-electron chi connectivity index (χ0n) is 70.1. The molecule has 0 amide bonds. The van der Waals surface area contributed by atoms with E-state index in [-0.39, 0.29) is 0 Å². The van der Waals surface area contributed by atoms with Crippen molar-refractivity contribution in [3.63, 3.8) is 0 Å². The Bertz CT molecular complexity index is 8200. The van der Waals surface area contributed by atoms with Gasteiger partial charge in [-0.1, -0.05) is 241 Å². The zero-order valence-corrected chi connectivity index (χ0v) is 70.1. The van der Waals surface area contributed by atoms with Crippen LogP contribution in [0.15, 0.2) is 352 Å². The van der Waals surface area contributed by atoms with Crippen molar-refractivity contribution in [2.24, 2.45) is 0 Å². The van der Waals surface area contributed by atoms with Crippen LogP contribution in [0.1, 0.15) is 55.6 Å². The molecule has 22 rings (SSSR count). The highest BCUT2D eigenvalue weighted by Gasteiger charge is 2.29. The molecule has 0 radical (unpaired) electrons. The molecule has 124 heavy (non-hydrogen) atoms. The molecule has 0 aliphatic heterocycles. The third kappa shape index (κ3) is 12.3. The van der Waals surface area contributed by atoms with Crippen LogP contribution in [-0.2, 0) is 0 Å². The number of benzene rings is 16. The predicted octanol–water partition coefficient (Wildman–Crippen LogP) is 30.1. The smallest absolute Gasteiger partial charge is 0.0993 e. The fourth-order valence-electron chi connectivity index (χ4n) is 19.7. The normalized spacial score (nSPS) is 11.7. The summed E-state index contributed by atoms with van der Waals surface area (Å²) in [6, 6.07) is 126. The minimum atomic E-state index is 0.523. The largest absolute Gasteiger partial charge is 0.308 e. The van der Waals surface area contributed by atoms with Gasteiger partial charge >= 0.3 is 0 Å². The number of aromatic nitrogens is 6. The lowest BCUT2D eigenvalue weighted by atomic mass is 9.88. The topological polar surface area (TPSA) is 93.1 Å². The molecule has 6 aromatic heterocycles. The maximum absolute atomic E-state index is 11.7. The van der Waals surface area contributed by atoms with Gasteiger partial charge in [0.25, 0.3) is 0 Å². The molecule has 0 atom stereocenters. The van der Waals surface area contributed by atoms with Crippen LogP contribution in [0.3, 0.4) is 0 Å². The van der Waals surface area contributed by atoms with E-state index in [1.165, 1.54) is 38.9 Å². The summed E-state index contributed by atoms with van der Waals surface area (Å²) in [5.41, 5.74) is 41.7. The molecule has 0 unspecified atom stereocenters. The Morgan fingerprint density at radius 3 is 0.879 bits per heavy atom. The summed E-state index contributed by atoms with van der Waals surface area (Å²) in [5, 5.41) is 32.0. The highest BCUT2D eigenvalue weighted by atomic mass is 15.0. The Hall–Kier alpha value is -16.0. The van der Waals surface area contributed by atoms with Gasteiger partial charge in [-0.3, -0.25) is 9.97 Å². The first kappa shape index (κ1) is 74.3. The molecule has 0 saturated heterocycles. The Balaban J connectivity index is 0.727. The molecule has 16 aromatic carbocycles. The zero-order chi connectivity index (χ0) is 83.9. The number of hydrogen-bond donors (Lipinski definition) is 0. The summed E-state index contributed by atoms with van der Waals surface area (Å²) < 4.78 is 9.64. The molecular weight excluding hydrogens is 1510 g/mol. The van der Waals surface area contributed by atoms with Crippen LogP contribution in [0.5, 0.6) is 0 Å². The maximum Gasteiger partial charge on any atom is 0.0993 e. The molecule has 22 aromatic rings. The van der Waals surface area contributed by atoms with Gasteiger partial charge in [-0.25, -0.2) is 0 Å². The van der Waals surface area contributed by atoms with E-state index in [4.69, 9.17) is 0 Å². The van der Waals surface area contributed by atoms with Gasteiger partial charge in [0.15, 0.2) is 0 Å². The first-order valence-corrected chi connectivity index (χ1v) is 42.4. The monoisotopic (exact) mass is 1590 g/mol. The van der Waals surface area contributed by atoms with Crippen LogP contribution in [0, 0.1) is 78.1 Å². The average Bonchev–Trinajstić information content (AvgIpc) is 1.55. The lowest BCUT2D eigenvalue weighted by Crippen LogP contribution is -2.05. The Morgan fingerprint density at radius 2 is 0.492 bits per heavy atom. The second-order valence-electron chi connectivity index (χ2n) is 33.7. The molecule has 0 bridgehead atoms. The number of aryl methyl sites for hydroxylation is 8. The molecular formula is C116H82N8. The summed E-state index contributed by atoms with van der Waals surface area (Å²) in [6.45, 7) is 17.4. The van der Waals surface area contributed by atoms with Gasteiger partial charge in [0.2, 0.25) is 0 Å². The van der Waals surface area contributed by atoms with E-state index in [1.807, 2.05) is 24.8 Å². The highest BCUT2D eigenvalue weighted by Crippen LogP contribution is 2.50. The van der Waals surface area contributed by atoms with E-state index >= 15 is 0 Å². The second kappa shape index (κ2) is 29.5. The van der Waals surface area contributed by atoms with E-state index < -0.39 is 0 Å². The summed E-state index contributed by atoms with van der Waals surface area (Å²) in [7, 11) is 0. The molecule has 0 aliphatic rings. The molecule has 0 saturated carbocycles. The quantitative estimate of drug-likeness (QED) is 0.115. The Morgan fingerprint density at radius 1 is 0.202 bits per heavy atom. The summed E-state index contributed by atoms with van der Waals surface area (Å²) >= 11 is 0. The number of para-hydroxylation sites is 2. The molecule has 0 spiro atoms. The molecule has 586 valence electrons. The minimum absolute atomic E-state index is 0.523. The third-order valence-corrected chi connectivity index (χ3v) is 25.8. The molecule has 0 N–H and O–H groups in total. The van der Waals surface area contributed by atoms with Crippen LogP contribution in [-0.4, -0.2) is 28.2 Å². The van der Waals surface area contributed by atoms with Crippen molar-refractivity contribution in [2.75, 3.05) is 0 Å². The van der Waals surface area contributed by atoms with Gasteiger partial charge in [0.05, 0.1) is 90.1 Å². The molecule has 6 heterocycles. The van der Waals surface area contributed by atoms with Crippen LogP contribution >= 0.6 is 0 Å². The third-order valence-electron chi connectivity index (χ3n) is 25.8. The van der Waals surface area contributed by atoms with Gasteiger partial charge in [0.1, 0.15) is 0 Å². The van der Waals surface area contributed by atoms with Gasteiger partial charge in [-0.05, 0) is 276 Å². The summed E-state index contributed by atoms with van der Waals surface area (Å²) in [6.07, 6.45) is 7.50. The number of hydrogen-bond acceptors (Lipinski definition) is 4. The molecule has 8 nitrogen and oxygen atoms in total. The number of pyridine rings is 2.